The lowest BCUT2D eigenvalue weighted by Crippen LogP contribution is -2.30. The normalized spacial score (nSPS) is 10.2. The van der Waals surface area contributed by atoms with Crippen LogP contribution in [0.25, 0.3) is 11.1 Å². The van der Waals surface area contributed by atoms with Crippen molar-refractivity contribution < 1.29 is 4.79 Å². The van der Waals surface area contributed by atoms with Gasteiger partial charge in [-0.3, -0.25) is 9.78 Å². The average molecular weight is 254 g/mol. The molecule has 3 heteroatoms. The molecule has 0 aliphatic carbocycles. The molecule has 3 nitrogen and oxygen atoms in total. The predicted octanol–water partition coefficient (Wildman–Crippen LogP) is 3.23. The van der Waals surface area contributed by atoms with Crippen LogP contribution in [0.2, 0.25) is 0 Å². The monoisotopic (exact) mass is 254 g/mol. The second-order valence-electron chi connectivity index (χ2n) is 4.26. The highest BCUT2D eigenvalue weighted by molar-refractivity contribution is 6.00. The van der Waals surface area contributed by atoms with E-state index >= 15 is 0 Å². The van der Waals surface area contributed by atoms with E-state index in [0.29, 0.717) is 18.7 Å². The van der Waals surface area contributed by atoms with Gasteiger partial charge in [0, 0.05) is 31.0 Å². The molecule has 0 aliphatic rings. The maximum atomic E-state index is 12.5. The van der Waals surface area contributed by atoms with Crippen LogP contribution in [0.1, 0.15) is 24.2 Å². The first kappa shape index (κ1) is 13.3. The summed E-state index contributed by atoms with van der Waals surface area (Å²) in [7, 11) is 0. The molecule has 1 aromatic heterocycles. The number of hydrogen-bond donors (Lipinski definition) is 0. The van der Waals surface area contributed by atoms with Crippen molar-refractivity contribution in [1.29, 1.82) is 0 Å². The molecule has 0 saturated carbocycles. The van der Waals surface area contributed by atoms with Crippen molar-refractivity contribution in [3.05, 3.63) is 54.4 Å². The lowest BCUT2D eigenvalue weighted by atomic mass is 10.0. The van der Waals surface area contributed by atoms with Gasteiger partial charge in [-0.05, 0) is 25.5 Å². The summed E-state index contributed by atoms with van der Waals surface area (Å²) in [6.45, 7) is 5.41. The zero-order chi connectivity index (χ0) is 13.7. The number of rotatable bonds is 4. The zero-order valence-corrected chi connectivity index (χ0v) is 11.3. The van der Waals surface area contributed by atoms with E-state index in [1.807, 2.05) is 49.1 Å². The fourth-order valence-corrected chi connectivity index (χ4v) is 2.11. The van der Waals surface area contributed by atoms with E-state index in [0.717, 1.165) is 11.1 Å². The molecule has 2 aromatic rings. The van der Waals surface area contributed by atoms with E-state index < -0.39 is 0 Å². The Balaban J connectivity index is 2.45. The largest absolute Gasteiger partial charge is 0.339 e. The topological polar surface area (TPSA) is 33.2 Å². The molecular weight excluding hydrogens is 236 g/mol. The van der Waals surface area contributed by atoms with Gasteiger partial charge in [0.1, 0.15) is 0 Å². The van der Waals surface area contributed by atoms with Crippen molar-refractivity contribution in [1.82, 2.24) is 9.88 Å². The van der Waals surface area contributed by atoms with Gasteiger partial charge in [-0.1, -0.05) is 30.3 Å². The number of hydrogen-bond acceptors (Lipinski definition) is 2. The minimum atomic E-state index is 0.0613. The van der Waals surface area contributed by atoms with E-state index in [4.69, 9.17) is 0 Å². The molecule has 0 fully saturated rings. The highest BCUT2D eigenvalue weighted by Gasteiger charge is 2.16. The molecule has 0 saturated heterocycles. The predicted molar refractivity (Wildman–Crippen MR) is 76.9 cm³/mol. The molecule has 1 heterocycles. The van der Waals surface area contributed by atoms with Gasteiger partial charge in [0.25, 0.3) is 5.91 Å². The molecule has 0 atom stereocenters. The fourth-order valence-electron chi connectivity index (χ4n) is 2.11. The van der Waals surface area contributed by atoms with Crippen LogP contribution >= 0.6 is 0 Å². The first-order valence-electron chi connectivity index (χ1n) is 6.56. The molecule has 98 valence electrons. The van der Waals surface area contributed by atoms with Gasteiger partial charge in [0.15, 0.2) is 0 Å². The summed E-state index contributed by atoms with van der Waals surface area (Å²) < 4.78 is 0. The summed E-state index contributed by atoms with van der Waals surface area (Å²) in [6.07, 6.45) is 3.43. The average Bonchev–Trinajstić information content (AvgIpc) is 2.49. The SMILES string of the molecule is CCN(CC)C(=O)c1ccncc1-c1ccccc1. The summed E-state index contributed by atoms with van der Waals surface area (Å²) in [5.41, 5.74) is 2.62. The summed E-state index contributed by atoms with van der Waals surface area (Å²) in [5, 5.41) is 0. The molecule has 0 bridgehead atoms. The van der Waals surface area contributed by atoms with Crippen molar-refractivity contribution in [2.75, 3.05) is 13.1 Å². The number of aromatic nitrogens is 1. The summed E-state index contributed by atoms with van der Waals surface area (Å²) in [4.78, 5) is 18.5. The van der Waals surface area contributed by atoms with Gasteiger partial charge in [0.2, 0.25) is 0 Å². The Labute approximate surface area is 113 Å². The van der Waals surface area contributed by atoms with Gasteiger partial charge in [-0.25, -0.2) is 0 Å². The Morgan fingerprint density at radius 2 is 1.79 bits per heavy atom. The van der Waals surface area contributed by atoms with Crippen molar-refractivity contribution >= 4 is 5.91 Å². The zero-order valence-electron chi connectivity index (χ0n) is 11.3. The van der Waals surface area contributed by atoms with Gasteiger partial charge < -0.3 is 4.90 Å². The van der Waals surface area contributed by atoms with Crippen LogP contribution in [0, 0.1) is 0 Å². The van der Waals surface area contributed by atoms with Crippen molar-refractivity contribution in [2.24, 2.45) is 0 Å². The third kappa shape index (κ3) is 2.81. The van der Waals surface area contributed by atoms with Gasteiger partial charge in [-0.15, -0.1) is 0 Å². The molecule has 0 unspecified atom stereocenters. The summed E-state index contributed by atoms with van der Waals surface area (Å²) >= 11 is 0. The van der Waals surface area contributed by atoms with Crippen LogP contribution < -0.4 is 0 Å². The second-order valence-corrected chi connectivity index (χ2v) is 4.26. The number of carbonyl (C=O) groups is 1. The molecule has 2 rings (SSSR count). The number of nitrogens with zero attached hydrogens (tertiary/aromatic N) is 2. The van der Waals surface area contributed by atoms with Crippen LogP contribution in [-0.4, -0.2) is 28.9 Å². The third-order valence-electron chi connectivity index (χ3n) is 3.19. The molecule has 0 aliphatic heterocycles. The van der Waals surface area contributed by atoms with Gasteiger partial charge >= 0.3 is 0 Å². The Morgan fingerprint density at radius 3 is 2.42 bits per heavy atom. The van der Waals surface area contributed by atoms with Crippen LogP contribution in [0.15, 0.2) is 48.8 Å². The van der Waals surface area contributed by atoms with Gasteiger partial charge in [0.05, 0.1) is 5.56 Å². The number of carbonyl (C=O) groups excluding carboxylic acids is 1. The lowest BCUT2D eigenvalue weighted by Gasteiger charge is -2.20. The molecule has 0 spiro atoms. The van der Waals surface area contributed by atoms with Gasteiger partial charge in [-0.2, -0.15) is 0 Å². The van der Waals surface area contributed by atoms with E-state index in [1.54, 1.807) is 18.5 Å². The number of benzene rings is 1. The Kier molecular flexibility index (Phi) is 4.29. The fraction of sp³-hybridized carbons (Fsp3) is 0.250. The lowest BCUT2D eigenvalue weighted by molar-refractivity contribution is 0.0773. The van der Waals surface area contributed by atoms with E-state index in [2.05, 4.69) is 4.98 Å². The molecule has 19 heavy (non-hydrogen) atoms. The van der Waals surface area contributed by atoms with Crippen LogP contribution in [0.5, 0.6) is 0 Å². The van der Waals surface area contributed by atoms with E-state index in [-0.39, 0.29) is 5.91 Å². The second kappa shape index (κ2) is 6.14. The number of pyridine rings is 1. The molecule has 1 aromatic carbocycles. The standard InChI is InChI=1S/C16H18N2O/c1-3-18(4-2)16(19)14-10-11-17-12-15(14)13-8-6-5-7-9-13/h5-12H,3-4H2,1-2H3. The van der Waals surface area contributed by atoms with E-state index in [1.165, 1.54) is 0 Å². The first-order chi connectivity index (χ1) is 9.27. The first-order valence-corrected chi connectivity index (χ1v) is 6.56. The highest BCUT2D eigenvalue weighted by Crippen LogP contribution is 2.23. The smallest absolute Gasteiger partial charge is 0.254 e. The Hall–Kier alpha value is -2.16. The van der Waals surface area contributed by atoms with Crippen molar-refractivity contribution in [2.45, 2.75) is 13.8 Å². The highest BCUT2D eigenvalue weighted by atomic mass is 16.2. The van der Waals surface area contributed by atoms with Crippen LogP contribution in [-0.2, 0) is 0 Å². The van der Waals surface area contributed by atoms with Crippen LogP contribution in [0.4, 0.5) is 0 Å². The molecule has 0 radical (unpaired) electrons. The van der Waals surface area contributed by atoms with E-state index in [9.17, 15) is 4.79 Å². The summed E-state index contributed by atoms with van der Waals surface area (Å²) in [5.74, 6) is 0.0613. The van der Waals surface area contributed by atoms with Crippen LogP contribution in [0.3, 0.4) is 0 Å². The Bertz CT molecular complexity index is 548. The maximum absolute atomic E-state index is 12.5. The minimum absolute atomic E-state index is 0.0613. The summed E-state index contributed by atoms with van der Waals surface area (Å²) in [6, 6.07) is 11.7. The molecular formula is C16H18N2O. The number of amides is 1. The third-order valence-corrected chi connectivity index (χ3v) is 3.19. The van der Waals surface area contributed by atoms with Crippen molar-refractivity contribution in [3.63, 3.8) is 0 Å². The maximum Gasteiger partial charge on any atom is 0.254 e. The Morgan fingerprint density at radius 1 is 1.11 bits per heavy atom. The molecule has 0 N–H and O–H groups in total. The minimum Gasteiger partial charge on any atom is -0.339 e. The molecule has 1 amide bonds. The quantitative estimate of drug-likeness (QED) is 0.839. The van der Waals surface area contributed by atoms with Crippen molar-refractivity contribution in [3.8, 4) is 11.1 Å².